The minimum Gasteiger partial charge on any atom is -0.365 e. The van der Waals surface area contributed by atoms with Crippen LogP contribution < -0.4 is 10.6 Å². The zero-order chi connectivity index (χ0) is 11.5. The molecule has 4 heteroatoms. The van der Waals surface area contributed by atoms with E-state index < -0.39 is 0 Å². The van der Waals surface area contributed by atoms with Crippen molar-refractivity contribution in [2.75, 3.05) is 13.1 Å². The molecule has 4 unspecified atom stereocenters. The van der Waals surface area contributed by atoms with E-state index in [1.165, 1.54) is 0 Å². The summed E-state index contributed by atoms with van der Waals surface area (Å²) in [5.41, 5.74) is 0. The zero-order valence-corrected chi connectivity index (χ0v) is 10.2. The maximum absolute atomic E-state index is 11.9. The molecule has 0 bridgehead atoms. The fourth-order valence-electron chi connectivity index (χ4n) is 2.53. The second kappa shape index (κ2) is 5.15. The average molecular weight is 226 g/mol. The summed E-state index contributed by atoms with van der Waals surface area (Å²) in [7, 11) is 0. The number of rotatable bonds is 3. The molecule has 2 aliphatic heterocycles. The van der Waals surface area contributed by atoms with Gasteiger partial charge < -0.3 is 15.4 Å². The highest BCUT2D eigenvalue weighted by Crippen LogP contribution is 2.20. The van der Waals surface area contributed by atoms with E-state index >= 15 is 0 Å². The summed E-state index contributed by atoms with van der Waals surface area (Å²) in [6.45, 7) is 6.21. The van der Waals surface area contributed by atoms with Crippen LogP contribution in [0.1, 0.15) is 33.1 Å². The van der Waals surface area contributed by atoms with Crippen LogP contribution in [0.5, 0.6) is 0 Å². The monoisotopic (exact) mass is 226 g/mol. The fourth-order valence-corrected chi connectivity index (χ4v) is 2.53. The third-order valence-electron chi connectivity index (χ3n) is 3.70. The molecule has 0 radical (unpaired) electrons. The van der Waals surface area contributed by atoms with Crippen molar-refractivity contribution in [3.8, 4) is 0 Å². The number of hydrogen-bond acceptors (Lipinski definition) is 3. The number of amides is 1. The first kappa shape index (κ1) is 11.9. The molecule has 2 heterocycles. The molecular formula is C12H22N2O2. The molecule has 1 amide bonds. The summed E-state index contributed by atoms with van der Waals surface area (Å²) in [6, 6.07) is 0.252. The van der Waals surface area contributed by atoms with Crippen molar-refractivity contribution in [1.82, 2.24) is 10.6 Å². The van der Waals surface area contributed by atoms with Crippen molar-refractivity contribution in [2.24, 2.45) is 5.92 Å². The molecule has 2 rings (SSSR count). The maximum Gasteiger partial charge on any atom is 0.249 e. The summed E-state index contributed by atoms with van der Waals surface area (Å²) < 4.78 is 5.56. The highest BCUT2D eigenvalue weighted by Gasteiger charge is 2.30. The highest BCUT2D eigenvalue weighted by atomic mass is 16.5. The topological polar surface area (TPSA) is 50.4 Å². The van der Waals surface area contributed by atoms with E-state index in [1.54, 1.807) is 0 Å². The first-order valence-corrected chi connectivity index (χ1v) is 6.33. The van der Waals surface area contributed by atoms with Crippen LogP contribution in [-0.2, 0) is 9.53 Å². The molecule has 2 saturated heterocycles. The molecule has 92 valence electrons. The van der Waals surface area contributed by atoms with Crippen LogP contribution in [0, 0.1) is 5.92 Å². The predicted molar refractivity (Wildman–Crippen MR) is 62.2 cm³/mol. The normalized spacial score (nSPS) is 36.2. The van der Waals surface area contributed by atoms with Gasteiger partial charge in [0, 0.05) is 6.04 Å². The van der Waals surface area contributed by atoms with E-state index in [0.29, 0.717) is 5.92 Å². The molecule has 0 saturated carbocycles. The second-order valence-electron chi connectivity index (χ2n) is 5.06. The molecule has 2 N–H and O–H groups in total. The van der Waals surface area contributed by atoms with Gasteiger partial charge in [-0.3, -0.25) is 4.79 Å². The van der Waals surface area contributed by atoms with Crippen molar-refractivity contribution in [2.45, 2.75) is 51.4 Å². The Kier molecular flexibility index (Phi) is 3.82. The number of ether oxygens (including phenoxy) is 1. The first-order valence-electron chi connectivity index (χ1n) is 6.33. The molecule has 4 nitrogen and oxygen atoms in total. The minimum absolute atomic E-state index is 0.0729. The smallest absolute Gasteiger partial charge is 0.249 e. The van der Waals surface area contributed by atoms with Crippen LogP contribution in [0.3, 0.4) is 0 Å². The van der Waals surface area contributed by atoms with Crippen molar-refractivity contribution in [3.63, 3.8) is 0 Å². The van der Waals surface area contributed by atoms with Crippen molar-refractivity contribution in [3.05, 3.63) is 0 Å². The molecule has 2 aliphatic rings. The zero-order valence-electron chi connectivity index (χ0n) is 10.2. The van der Waals surface area contributed by atoms with E-state index in [1.807, 2.05) is 6.92 Å². The van der Waals surface area contributed by atoms with E-state index in [0.717, 1.165) is 32.4 Å². The SMILES string of the molecule is CC1CCC(C(=O)NC(C)C2CCNC2)O1. The summed E-state index contributed by atoms with van der Waals surface area (Å²) >= 11 is 0. The van der Waals surface area contributed by atoms with Gasteiger partial charge in [-0.05, 0) is 52.1 Å². The lowest BCUT2D eigenvalue weighted by atomic mass is 10.0. The van der Waals surface area contributed by atoms with Crippen LogP contribution in [0.2, 0.25) is 0 Å². The van der Waals surface area contributed by atoms with Gasteiger partial charge in [-0.1, -0.05) is 0 Å². The largest absolute Gasteiger partial charge is 0.365 e. The van der Waals surface area contributed by atoms with Crippen LogP contribution in [0.15, 0.2) is 0 Å². The Labute approximate surface area is 97.1 Å². The highest BCUT2D eigenvalue weighted by molar-refractivity contribution is 5.81. The average Bonchev–Trinajstić information content (AvgIpc) is 2.87. The van der Waals surface area contributed by atoms with E-state index in [-0.39, 0.29) is 24.2 Å². The number of nitrogens with one attached hydrogen (secondary N) is 2. The van der Waals surface area contributed by atoms with Crippen LogP contribution in [-0.4, -0.2) is 37.2 Å². The Hall–Kier alpha value is -0.610. The van der Waals surface area contributed by atoms with Crippen molar-refractivity contribution in [1.29, 1.82) is 0 Å². The van der Waals surface area contributed by atoms with Crippen LogP contribution in [0.4, 0.5) is 0 Å². The fraction of sp³-hybridized carbons (Fsp3) is 0.917. The quantitative estimate of drug-likeness (QED) is 0.743. The third-order valence-corrected chi connectivity index (χ3v) is 3.70. The van der Waals surface area contributed by atoms with Gasteiger partial charge in [-0.25, -0.2) is 0 Å². The lowest BCUT2D eigenvalue weighted by molar-refractivity contribution is -0.132. The van der Waals surface area contributed by atoms with Gasteiger partial charge >= 0.3 is 0 Å². The summed E-state index contributed by atoms with van der Waals surface area (Å²) in [5, 5.41) is 6.40. The summed E-state index contributed by atoms with van der Waals surface area (Å²) in [6.07, 6.45) is 3.04. The van der Waals surface area contributed by atoms with Crippen LogP contribution >= 0.6 is 0 Å². The number of hydrogen-bond donors (Lipinski definition) is 2. The van der Waals surface area contributed by atoms with Crippen LogP contribution in [0.25, 0.3) is 0 Å². The predicted octanol–water partition coefficient (Wildman–Crippen LogP) is 0.668. The number of carbonyl (C=O) groups excluding carboxylic acids is 1. The molecule has 0 aromatic heterocycles. The minimum atomic E-state index is -0.216. The molecule has 0 aromatic rings. The Bertz CT molecular complexity index is 251. The summed E-state index contributed by atoms with van der Waals surface area (Å²) in [4.78, 5) is 11.9. The molecular weight excluding hydrogens is 204 g/mol. The van der Waals surface area contributed by atoms with Gasteiger partial charge in [-0.2, -0.15) is 0 Å². The van der Waals surface area contributed by atoms with Gasteiger partial charge in [-0.15, -0.1) is 0 Å². The first-order chi connectivity index (χ1) is 7.66. The van der Waals surface area contributed by atoms with Gasteiger partial charge in [0.25, 0.3) is 0 Å². The van der Waals surface area contributed by atoms with E-state index in [4.69, 9.17) is 4.74 Å². The van der Waals surface area contributed by atoms with Gasteiger partial charge in [0.2, 0.25) is 5.91 Å². The molecule has 2 fully saturated rings. The van der Waals surface area contributed by atoms with Crippen molar-refractivity contribution >= 4 is 5.91 Å². The maximum atomic E-state index is 11.9. The van der Waals surface area contributed by atoms with Gasteiger partial charge in [0.1, 0.15) is 6.10 Å². The van der Waals surface area contributed by atoms with Crippen molar-refractivity contribution < 1.29 is 9.53 Å². The third kappa shape index (κ3) is 2.74. The molecule has 0 spiro atoms. The molecule has 0 aliphatic carbocycles. The standard InChI is InChI=1S/C12H22N2O2/c1-8-3-4-11(16-8)12(15)14-9(2)10-5-6-13-7-10/h8-11,13H,3-7H2,1-2H3,(H,14,15). The van der Waals surface area contributed by atoms with Gasteiger partial charge in [0.15, 0.2) is 0 Å². The lowest BCUT2D eigenvalue weighted by Crippen LogP contribution is -2.44. The van der Waals surface area contributed by atoms with E-state index in [2.05, 4.69) is 17.6 Å². The Morgan fingerprint density at radius 3 is 2.81 bits per heavy atom. The molecule has 4 atom stereocenters. The summed E-state index contributed by atoms with van der Waals surface area (Å²) in [5.74, 6) is 0.645. The van der Waals surface area contributed by atoms with E-state index in [9.17, 15) is 4.79 Å². The Morgan fingerprint density at radius 2 is 2.25 bits per heavy atom. The lowest BCUT2D eigenvalue weighted by Gasteiger charge is -2.21. The Morgan fingerprint density at radius 1 is 1.44 bits per heavy atom. The molecule has 0 aromatic carbocycles. The number of carbonyl (C=O) groups is 1. The Balaban J connectivity index is 1.77. The second-order valence-corrected chi connectivity index (χ2v) is 5.06. The molecule has 16 heavy (non-hydrogen) atoms. The van der Waals surface area contributed by atoms with Gasteiger partial charge in [0.05, 0.1) is 6.10 Å².